The molecule has 6 rings (SSSR count). The first-order valence-corrected chi connectivity index (χ1v) is 16.8. The number of hydrogen-bond donors (Lipinski definition) is 2. The summed E-state index contributed by atoms with van der Waals surface area (Å²) in [5.74, 6) is 0.783. The fourth-order valence-electron chi connectivity index (χ4n) is 6.68. The first-order valence-electron chi connectivity index (χ1n) is 16.5. The summed E-state index contributed by atoms with van der Waals surface area (Å²) in [4.78, 5) is 33.5. The van der Waals surface area contributed by atoms with E-state index < -0.39 is 17.7 Å². The van der Waals surface area contributed by atoms with Crippen LogP contribution in [0.2, 0.25) is 5.15 Å². The molecule has 0 aliphatic carbocycles. The van der Waals surface area contributed by atoms with Crippen LogP contribution in [0.4, 0.5) is 23.3 Å². The third-order valence-electron chi connectivity index (χ3n) is 9.33. The number of nitrogen functional groups attached to an aromatic ring is 1. The second-order valence-electron chi connectivity index (χ2n) is 14.5. The molecule has 5 heterocycles. The van der Waals surface area contributed by atoms with Crippen molar-refractivity contribution in [1.29, 1.82) is 0 Å². The smallest absolute Gasteiger partial charge is 0.337 e. The van der Waals surface area contributed by atoms with E-state index in [1.165, 1.54) is 11.1 Å². The molecule has 2 fully saturated rings. The Morgan fingerprint density at radius 1 is 1.02 bits per heavy atom. The molecule has 1 unspecified atom stereocenters. The van der Waals surface area contributed by atoms with Crippen molar-refractivity contribution in [3.8, 4) is 11.1 Å². The highest BCUT2D eigenvalue weighted by molar-refractivity contribution is 6.31. The number of benzene rings is 1. The van der Waals surface area contributed by atoms with Crippen molar-refractivity contribution in [1.82, 2.24) is 15.0 Å². The van der Waals surface area contributed by atoms with E-state index in [-0.39, 0.29) is 16.4 Å². The average Bonchev–Trinajstić information content (AvgIpc) is 3.03. The topological polar surface area (TPSA) is 130 Å². The second kappa shape index (κ2) is 13.1. The molecule has 2 aromatic heterocycles. The lowest BCUT2D eigenvalue weighted by molar-refractivity contribution is -0.160. The van der Waals surface area contributed by atoms with Crippen LogP contribution in [0.25, 0.3) is 11.1 Å². The van der Waals surface area contributed by atoms with Crippen molar-refractivity contribution in [2.45, 2.75) is 72.1 Å². The van der Waals surface area contributed by atoms with E-state index in [0.717, 1.165) is 63.4 Å². The van der Waals surface area contributed by atoms with E-state index in [1.54, 1.807) is 0 Å². The summed E-state index contributed by atoms with van der Waals surface area (Å²) < 4.78 is 11.7. The van der Waals surface area contributed by atoms with Crippen LogP contribution in [0, 0.1) is 5.41 Å². The number of ether oxygens (including phenoxy) is 2. The molecule has 2 saturated heterocycles. The van der Waals surface area contributed by atoms with Crippen LogP contribution in [0.3, 0.4) is 0 Å². The number of carbonyl (C=O) groups is 1. The number of piperidine rings is 1. The Labute approximate surface area is 282 Å². The maximum atomic E-state index is 12.8. The molecule has 0 radical (unpaired) electrons. The minimum absolute atomic E-state index is 0.0515. The minimum atomic E-state index is -1.32. The SMILES string of the molecule is CC1(C)CCN(c2c(-c3ccc4c(c3)CCN(c3nccc(N5CCOCC5)n3)C4)c(N)nc(Cl)c2C(OC(C)(C)C)C(=O)O)CC1. The molecule has 3 N–H and O–H groups in total. The summed E-state index contributed by atoms with van der Waals surface area (Å²) in [7, 11) is 0. The Morgan fingerprint density at radius 2 is 1.74 bits per heavy atom. The predicted molar refractivity (Wildman–Crippen MR) is 185 cm³/mol. The summed E-state index contributed by atoms with van der Waals surface area (Å²) in [6.07, 6.45) is 3.19. The normalized spacial score (nSPS) is 19.0. The van der Waals surface area contributed by atoms with Gasteiger partial charge in [-0.05, 0) is 68.2 Å². The van der Waals surface area contributed by atoms with Crippen molar-refractivity contribution in [3.05, 3.63) is 52.3 Å². The van der Waals surface area contributed by atoms with Crippen LogP contribution in [0.15, 0.2) is 30.5 Å². The number of morpholine rings is 1. The predicted octanol–water partition coefficient (Wildman–Crippen LogP) is 5.74. The monoisotopic (exact) mass is 663 g/mol. The third kappa shape index (κ3) is 7.27. The lowest BCUT2D eigenvalue weighted by atomic mass is 9.82. The zero-order chi connectivity index (χ0) is 33.5. The Morgan fingerprint density at radius 3 is 2.43 bits per heavy atom. The van der Waals surface area contributed by atoms with Crippen molar-refractivity contribution >= 4 is 40.8 Å². The van der Waals surface area contributed by atoms with Crippen LogP contribution in [-0.2, 0) is 27.2 Å². The number of rotatable bonds is 7. The van der Waals surface area contributed by atoms with Gasteiger partial charge in [-0.2, -0.15) is 4.98 Å². The minimum Gasteiger partial charge on any atom is -0.479 e. The molecule has 3 aliphatic rings. The van der Waals surface area contributed by atoms with Gasteiger partial charge in [-0.25, -0.2) is 14.8 Å². The molecule has 47 heavy (non-hydrogen) atoms. The molecule has 1 atom stereocenters. The van der Waals surface area contributed by atoms with Gasteiger partial charge in [0, 0.05) is 51.0 Å². The zero-order valence-corrected chi connectivity index (χ0v) is 28.8. The number of anilines is 4. The van der Waals surface area contributed by atoms with Gasteiger partial charge in [0.1, 0.15) is 16.8 Å². The van der Waals surface area contributed by atoms with Gasteiger partial charge in [0.25, 0.3) is 0 Å². The van der Waals surface area contributed by atoms with Gasteiger partial charge in [-0.3, -0.25) is 0 Å². The summed E-state index contributed by atoms with van der Waals surface area (Å²) in [5, 5.41) is 10.5. The van der Waals surface area contributed by atoms with Crippen molar-refractivity contribution in [2.75, 3.05) is 66.4 Å². The number of halogens is 1. The van der Waals surface area contributed by atoms with Gasteiger partial charge in [-0.1, -0.05) is 43.6 Å². The van der Waals surface area contributed by atoms with Crippen LogP contribution in [0.5, 0.6) is 0 Å². The quantitative estimate of drug-likeness (QED) is 0.300. The molecule has 0 saturated carbocycles. The third-order valence-corrected chi connectivity index (χ3v) is 9.62. The molecule has 0 bridgehead atoms. The van der Waals surface area contributed by atoms with Gasteiger partial charge in [-0.15, -0.1) is 0 Å². The highest BCUT2D eigenvalue weighted by Gasteiger charge is 2.37. The van der Waals surface area contributed by atoms with Gasteiger partial charge >= 0.3 is 5.97 Å². The Bertz CT molecular complexity index is 1630. The number of carboxylic acid groups (broad SMARTS) is 1. The molecule has 3 aliphatic heterocycles. The number of nitrogens with zero attached hydrogens (tertiary/aromatic N) is 6. The maximum Gasteiger partial charge on any atom is 0.337 e. The Balaban J connectivity index is 1.37. The zero-order valence-electron chi connectivity index (χ0n) is 28.1. The van der Waals surface area contributed by atoms with Gasteiger partial charge in [0.15, 0.2) is 6.10 Å². The molecule has 0 spiro atoms. The molecule has 1 aromatic carbocycles. The van der Waals surface area contributed by atoms with Crippen molar-refractivity contribution < 1.29 is 19.4 Å². The van der Waals surface area contributed by atoms with Crippen LogP contribution in [0.1, 0.15) is 70.3 Å². The van der Waals surface area contributed by atoms with Crippen LogP contribution in [-0.4, -0.2) is 77.6 Å². The van der Waals surface area contributed by atoms with Gasteiger partial charge < -0.3 is 35.0 Å². The van der Waals surface area contributed by atoms with Crippen LogP contribution >= 0.6 is 11.6 Å². The molecule has 0 amide bonds. The molecule has 11 nitrogen and oxygen atoms in total. The average molecular weight is 664 g/mol. The van der Waals surface area contributed by atoms with E-state index in [9.17, 15) is 9.90 Å². The van der Waals surface area contributed by atoms with Gasteiger partial charge in [0.2, 0.25) is 5.95 Å². The fraction of sp³-hybridized carbons (Fsp3) is 0.543. The largest absolute Gasteiger partial charge is 0.479 e. The molecular formula is C35H46ClN7O4. The molecule has 3 aromatic rings. The Kier molecular flexibility index (Phi) is 9.26. The summed E-state index contributed by atoms with van der Waals surface area (Å²) >= 11 is 6.80. The van der Waals surface area contributed by atoms with E-state index in [1.807, 2.05) is 33.0 Å². The lowest BCUT2D eigenvalue weighted by Crippen LogP contribution is -2.39. The summed E-state index contributed by atoms with van der Waals surface area (Å²) in [5.41, 5.74) is 11.1. The first-order chi connectivity index (χ1) is 22.3. The number of aliphatic carboxylic acids is 1. The lowest BCUT2D eigenvalue weighted by Gasteiger charge is -2.41. The fourth-order valence-corrected chi connectivity index (χ4v) is 6.96. The molecule has 12 heteroatoms. The number of hydrogen-bond acceptors (Lipinski definition) is 10. The Hall–Kier alpha value is -3.67. The molecular weight excluding hydrogens is 618 g/mol. The van der Waals surface area contributed by atoms with Gasteiger partial charge in [0.05, 0.1) is 30.1 Å². The second-order valence-corrected chi connectivity index (χ2v) is 14.9. The molecule has 252 valence electrons. The van der Waals surface area contributed by atoms with Crippen molar-refractivity contribution in [3.63, 3.8) is 0 Å². The van der Waals surface area contributed by atoms with E-state index in [4.69, 9.17) is 31.8 Å². The van der Waals surface area contributed by atoms with Crippen molar-refractivity contribution in [2.24, 2.45) is 5.41 Å². The number of nitrogens with two attached hydrogens (primary N) is 1. The number of carboxylic acids is 1. The number of aromatic nitrogens is 3. The van der Waals surface area contributed by atoms with Crippen LogP contribution < -0.4 is 20.4 Å². The van der Waals surface area contributed by atoms with E-state index >= 15 is 0 Å². The highest BCUT2D eigenvalue weighted by atomic mass is 35.5. The number of pyridine rings is 1. The maximum absolute atomic E-state index is 12.8. The summed E-state index contributed by atoms with van der Waals surface area (Å²) in [6, 6.07) is 8.30. The number of fused-ring (bicyclic) bond motifs is 1. The van der Waals surface area contributed by atoms with E-state index in [2.05, 4.69) is 56.7 Å². The standard InChI is InChI=1S/C35H46ClN7O4/c1-34(2,3)47-29(32(44)45)27-28(42-14-10-35(4,5)11-15-42)26(31(37)40-30(27)36)23-6-7-24-21-43(13-9-22(24)20-23)33-38-12-8-25(39-33)41-16-18-46-19-17-41/h6-8,12,20,29H,9-11,13-19,21H2,1-5H3,(H2,37,40)(H,44,45). The first kappa shape index (κ1) is 33.2. The van der Waals surface area contributed by atoms with E-state index in [0.29, 0.717) is 42.5 Å². The summed E-state index contributed by atoms with van der Waals surface area (Å²) in [6.45, 7) is 16.0. The highest BCUT2D eigenvalue weighted by Crippen LogP contribution is 2.47.